The van der Waals surface area contributed by atoms with Gasteiger partial charge >= 0.3 is 6.03 Å². The number of nitrogens with one attached hydrogen (secondary N) is 2. The minimum absolute atomic E-state index is 0. The normalized spacial score (nSPS) is 13.2. The van der Waals surface area contributed by atoms with Gasteiger partial charge in [-0.05, 0) is 50.1 Å². The number of ether oxygens (including phenoxy) is 3. The van der Waals surface area contributed by atoms with Crippen molar-refractivity contribution in [3.05, 3.63) is 84.3 Å². The molecule has 228 valence electrons. The molecule has 0 aliphatic heterocycles. The smallest absolute Gasteiger partial charge is 0.324 e. The lowest BCUT2D eigenvalue weighted by atomic mass is 10.0. The standard InChI is InChI=1S/C31H28F2N6O4.FH/c1-18-7-9-20(10-8-18)39-27(16-26(38-39)31(11-12-31)29(32)33)37-30(40)36-19-5-4-6-21(13-19)43-28-22-14-24(41-2)25(42-3)15-23(22)34-17-35-28;/h4-10,13-17,29H,11-12H2,1-3H3,(H2,36,37,40);1H. The van der Waals surface area contributed by atoms with Gasteiger partial charge in [0.1, 0.15) is 17.9 Å². The first kappa shape index (κ1) is 30.1. The van der Waals surface area contributed by atoms with Crippen LogP contribution in [0.5, 0.6) is 23.1 Å². The Morgan fingerprint density at radius 1 is 0.955 bits per heavy atom. The highest BCUT2D eigenvalue weighted by molar-refractivity contribution is 5.99. The van der Waals surface area contributed by atoms with Crippen LogP contribution in [0.15, 0.2) is 73.1 Å². The molecule has 0 saturated heterocycles. The van der Waals surface area contributed by atoms with Gasteiger partial charge in [0.2, 0.25) is 12.3 Å². The van der Waals surface area contributed by atoms with Crippen LogP contribution in [0.1, 0.15) is 24.1 Å². The highest BCUT2D eigenvalue weighted by Gasteiger charge is 2.54. The van der Waals surface area contributed by atoms with E-state index in [9.17, 15) is 13.6 Å². The fraction of sp³-hybridized carbons (Fsp3) is 0.226. The lowest BCUT2D eigenvalue weighted by Gasteiger charge is -2.13. The summed E-state index contributed by atoms with van der Waals surface area (Å²) < 4.78 is 46.0. The van der Waals surface area contributed by atoms with Gasteiger partial charge in [0.25, 0.3) is 0 Å². The zero-order valence-electron chi connectivity index (χ0n) is 24.0. The van der Waals surface area contributed by atoms with Crippen LogP contribution in [0, 0.1) is 6.92 Å². The summed E-state index contributed by atoms with van der Waals surface area (Å²) in [7, 11) is 3.07. The molecule has 0 bridgehead atoms. The third-order valence-electron chi connectivity index (χ3n) is 7.36. The van der Waals surface area contributed by atoms with Crippen LogP contribution in [0.2, 0.25) is 0 Å². The van der Waals surface area contributed by atoms with Crippen molar-refractivity contribution in [1.29, 1.82) is 0 Å². The van der Waals surface area contributed by atoms with Crippen molar-refractivity contribution in [2.75, 3.05) is 24.9 Å². The zero-order valence-corrected chi connectivity index (χ0v) is 24.0. The molecular formula is C31H29F3N6O4. The fourth-order valence-electron chi connectivity index (χ4n) is 4.79. The lowest BCUT2D eigenvalue weighted by Crippen LogP contribution is -2.21. The van der Waals surface area contributed by atoms with Gasteiger partial charge in [-0.2, -0.15) is 5.10 Å². The molecule has 44 heavy (non-hydrogen) atoms. The first-order valence-corrected chi connectivity index (χ1v) is 13.5. The number of amides is 2. The van der Waals surface area contributed by atoms with Crippen LogP contribution >= 0.6 is 0 Å². The summed E-state index contributed by atoms with van der Waals surface area (Å²) in [5.41, 5.74) is 1.67. The SMILES string of the molecule is COc1cc2ncnc(Oc3cccc(NC(=O)Nc4cc(C5(C(F)F)CC5)nn4-c4ccc(C)cc4)c3)c2cc1OC.F. The topological polar surface area (TPSA) is 112 Å². The summed E-state index contributed by atoms with van der Waals surface area (Å²) in [5, 5.41) is 10.6. The van der Waals surface area contributed by atoms with Crippen molar-refractivity contribution in [3.63, 3.8) is 0 Å². The van der Waals surface area contributed by atoms with Gasteiger partial charge in [0.15, 0.2) is 11.5 Å². The summed E-state index contributed by atoms with van der Waals surface area (Å²) in [5.74, 6) is 1.99. The number of hydrogen-bond donors (Lipinski definition) is 2. The maximum atomic E-state index is 13.9. The predicted octanol–water partition coefficient (Wildman–Crippen LogP) is 7.03. The third kappa shape index (κ3) is 5.80. The van der Waals surface area contributed by atoms with Crippen LogP contribution in [0.25, 0.3) is 16.6 Å². The fourth-order valence-corrected chi connectivity index (χ4v) is 4.79. The van der Waals surface area contributed by atoms with E-state index in [-0.39, 0.29) is 22.1 Å². The van der Waals surface area contributed by atoms with E-state index in [0.29, 0.717) is 52.4 Å². The van der Waals surface area contributed by atoms with Crippen LogP contribution in [-0.2, 0) is 5.41 Å². The molecule has 13 heteroatoms. The predicted molar refractivity (Wildman–Crippen MR) is 160 cm³/mol. The molecule has 1 aliphatic rings. The average molecular weight is 607 g/mol. The summed E-state index contributed by atoms with van der Waals surface area (Å²) in [6, 6.07) is 18.6. The number of rotatable bonds is 9. The number of hydrogen-bond acceptors (Lipinski definition) is 7. The number of halogens is 3. The van der Waals surface area contributed by atoms with Gasteiger partial charge in [-0.3, -0.25) is 10.0 Å². The van der Waals surface area contributed by atoms with Crippen molar-refractivity contribution in [1.82, 2.24) is 19.7 Å². The van der Waals surface area contributed by atoms with Gasteiger partial charge in [-0.25, -0.2) is 28.2 Å². The number of methoxy groups -OCH3 is 2. The van der Waals surface area contributed by atoms with Crippen molar-refractivity contribution >= 4 is 28.4 Å². The van der Waals surface area contributed by atoms with Crippen LogP contribution in [-0.4, -0.2) is 46.4 Å². The van der Waals surface area contributed by atoms with E-state index in [1.54, 1.807) is 43.5 Å². The number of alkyl halides is 2. The first-order chi connectivity index (χ1) is 20.8. The van der Waals surface area contributed by atoms with E-state index < -0.39 is 17.9 Å². The van der Waals surface area contributed by atoms with Crippen LogP contribution in [0.3, 0.4) is 0 Å². The molecule has 0 atom stereocenters. The van der Waals surface area contributed by atoms with Gasteiger partial charge in [-0.1, -0.05) is 23.8 Å². The van der Waals surface area contributed by atoms with E-state index in [1.807, 2.05) is 31.2 Å². The Morgan fingerprint density at radius 3 is 2.36 bits per heavy atom. The second-order valence-electron chi connectivity index (χ2n) is 10.2. The summed E-state index contributed by atoms with van der Waals surface area (Å²) in [6.07, 6.45) is -0.482. The maximum absolute atomic E-state index is 13.9. The van der Waals surface area contributed by atoms with Crippen molar-refractivity contribution in [2.24, 2.45) is 0 Å². The minimum Gasteiger partial charge on any atom is -0.493 e. The van der Waals surface area contributed by atoms with Crippen molar-refractivity contribution < 1.29 is 32.5 Å². The average Bonchev–Trinajstić information content (AvgIpc) is 3.72. The molecule has 3 aromatic carbocycles. The monoisotopic (exact) mass is 606 g/mol. The number of aryl methyl sites for hydroxylation is 1. The quantitative estimate of drug-likeness (QED) is 0.185. The number of carbonyl (C=O) groups excluding carboxylic acids is 1. The van der Waals surface area contributed by atoms with Gasteiger partial charge in [-0.15, -0.1) is 0 Å². The summed E-state index contributed by atoms with van der Waals surface area (Å²) >= 11 is 0. The molecule has 0 radical (unpaired) electrons. The number of anilines is 2. The lowest BCUT2D eigenvalue weighted by molar-refractivity contribution is 0.0996. The number of fused-ring (bicyclic) bond motifs is 1. The summed E-state index contributed by atoms with van der Waals surface area (Å²) in [4.78, 5) is 21.7. The van der Waals surface area contributed by atoms with E-state index in [2.05, 4.69) is 25.7 Å². The number of benzene rings is 3. The molecule has 2 heterocycles. The Morgan fingerprint density at radius 2 is 1.68 bits per heavy atom. The van der Waals surface area contributed by atoms with Gasteiger partial charge < -0.3 is 19.5 Å². The van der Waals surface area contributed by atoms with Crippen LogP contribution < -0.4 is 24.8 Å². The molecule has 2 N–H and O–H groups in total. The Bertz CT molecular complexity index is 1810. The molecule has 1 saturated carbocycles. The second kappa shape index (κ2) is 12.1. The molecule has 5 aromatic rings. The van der Waals surface area contributed by atoms with E-state index in [4.69, 9.17) is 14.2 Å². The van der Waals surface area contributed by atoms with Crippen molar-refractivity contribution in [3.8, 4) is 28.8 Å². The first-order valence-electron chi connectivity index (χ1n) is 13.5. The molecule has 1 aliphatic carbocycles. The Hall–Kier alpha value is -5.33. The number of nitrogens with zero attached hydrogens (tertiary/aromatic N) is 4. The minimum atomic E-state index is -2.55. The molecule has 1 fully saturated rings. The Kier molecular flexibility index (Phi) is 8.30. The molecule has 10 nitrogen and oxygen atoms in total. The molecule has 6 rings (SSSR count). The number of urea groups is 1. The van der Waals surface area contributed by atoms with E-state index >= 15 is 0 Å². The maximum Gasteiger partial charge on any atom is 0.324 e. The second-order valence-corrected chi connectivity index (χ2v) is 10.2. The van der Waals surface area contributed by atoms with Crippen LogP contribution in [0.4, 0.5) is 29.8 Å². The largest absolute Gasteiger partial charge is 0.493 e. The third-order valence-corrected chi connectivity index (χ3v) is 7.36. The molecule has 2 amide bonds. The number of carbonyl (C=O) groups is 1. The zero-order chi connectivity index (χ0) is 30.1. The molecular weight excluding hydrogens is 577 g/mol. The molecule has 2 aromatic heterocycles. The number of aromatic nitrogens is 4. The highest BCUT2D eigenvalue weighted by atomic mass is 19.3. The van der Waals surface area contributed by atoms with Crippen molar-refractivity contribution in [2.45, 2.75) is 31.6 Å². The highest BCUT2D eigenvalue weighted by Crippen LogP contribution is 2.52. The van der Waals surface area contributed by atoms with Gasteiger partial charge in [0.05, 0.1) is 41.9 Å². The Balaban J connectivity index is 0.00000384. The molecule has 0 unspecified atom stereocenters. The van der Waals surface area contributed by atoms with E-state index in [0.717, 1.165) is 5.56 Å². The molecule has 0 spiro atoms. The van der Waals surface area contributed by atoms with Gasteiger partial charge in [0, 0.05) is 23.9 Å². The van der Waals surface area contributed by atoms with E-state index in [1.165, 1.54) is 24.2 Å². The Labute approximate surface area is 250 Å². The summed E-state index contributed by atoms with van der Waals surface area (Å²) in [6.45, 7) is 1.94.